The molecule has 3 rings (SSSR count). The second-order valence-corrected chi connectivity index (χ2v) is 10.4. The summed E-state index contributed by atoms with van der Waals surface area (Å²) in [7, 11) is -2.43. The lowest BCUT2D eigenvalue weighted by Gasteiger charge is -2.22. The molecule has 0 saturated heterocycles. The Morgan fingerprint density at radius 3 is 2.44 bits per heavy atom. The molecule has 8 nitrogen and oxygen atoms in total. The zero-order chi connectivity index (χ0) is 24.6. The molecule has 0 unspecified atom stereocenters. The van der Waals surface area contributed by atoms with Crippen molar-refractivity contribution in [3.8, 4) is 5.75 Å². The highest BCUT2D eigenvalue weighted by atomic mass is 35.5. The van der Waals surface area contributed by atoms with E-state index >= 15 is 0 Å². The van der Waals surface area contributed by atoms with Gasteiger partial charge in [-0.2, -0.15) is 0 Å². The van der Waals surface area contributed by atoms with E-state index < -0.39 is 16.1 Å². The fraction of sp³-hybridized carbons (Fsp3) is 0.417. The minimum absolute atomic E-state index is 0.00660. The van der Waals surface area contributed by atoms with Gasteiger partial charge in [-0.25, -0.2) is 17.9 Å². The molecule has 3 amide bonds. The number of amides is 3. The molecule has 0 heterocycles. The van der Waals surface area contributed by atoms with Crippen LogP contribution in [0.15, 0.2) is 47.4 Å². The number of nitrogens with one attached hydrogen (secondary N) is 3. The van der Waals surface area contributed by atoms with E-state index in [9.17, 15) is 18.0 Å². The van der Waals surface area contributed by atoms with Gasteiger partial charge in [-0.3, -0.25) is 4.79 Å². The van der Waals surface area contributed by atoms with Gasteiger partial charge in [0, 0.05) is 23.2 Å². The van der Waals surface area contributed by atoms with Crippen LogP contribution < -0.4 is 20.1 Å². The summed E-state index contributed by atoms with van der Waals surface area (Å²) in [5.74, 6) is 0.422. The van der Waals surface area contributed by atoms with Crippen molar-refractivity contribution in [2.45, 2.75) is 55.9 Å². The van der Waals surface area contributed by atoms with Gasteiger partial charge in [-0.1, -0.05) is 43.0 Å². The van der Waals surface area contributed by atoms with Crippen molar-refractivity contribution in [1.29, 1.82) is 0 Å². The summed E-state index contributed by atoms with van der Waals surface area (Å²) in [5, 5.41) is 6.10. The van der Waals surface area contributed by atoms with Crippen LogP contribution in [0.3, 0.4) is 0 Å². The van der Waals surface area contributed by atoms with Gasteiger partial charge in [-0.15, -0.1) is 0 Å². The summed E-state index contributed by atoms with van der Waals surface area (Å²) < 4.78 is 32.3. The van der Waals surface area contributed by atoms with Crippen molar-refractivity contribution >= 4 is 33.6 Å². The van der Waals surface area contributed by atoms with Crippen molar-refractivity contribution < 1.29 is 22.7 Å². The second kappa shape index (κ2) is 12.1. The van der Waals surface area contributed by atoms with Gasteiger partial charge in [0.1, 0.15) is 5.75 Å². The van der Waals surface area contributed by atoms with Crippen LogP contribution in [0.1, 0.15) is 43.2 Å². The third kappa shape index (κ3) is 7.63. The van der Waals surface area contributed by atoms with Gasteiger partial charge in [0.15, 0.2) is 0 Å². The van der Waals surface area contributed by atoms with Gasteiger partial charge >= 0.3 is 6.03 Å². The van der Waals surface area contributed by atoms with E-state index in [1.165, 1.54) is 19.2 Å². The van der Waals surface area contributed by atoms with Crippen LogP contribution >= 0.6 is 11.6 Å². The maximum Gasteiger partial charge on any atom is 0.328 e. The normalized spacial score (nSPS) is 14.3. The lowest BCUT2D eigenvalue weighted by Crippen LogP contribution is -2.45. The molecular weight excluding hydrogens is 478 g/mol. The molecule has 0 radical (unpaired) electrons. The first-order valence-electron chi connectivity index (χ1n) is 11.3. The molecule has 0 aromatic heterocycles. The van der Waals surface area contributed by atoms with E-state index in [1.54, 1.807) is 30.3 Å². The molecule has 10 heteroatoms. The zero-order valence-electron chi connectivity index (χ0n) is 19.1. The Morgan fingerprint density at radius 1 is 1.06 bits per heavy atom. The monoisotopic (exact) mass is 507 g/mol. The second-order valence-electron chi connectivity index (χ2n) is 8.29. The van der Waals surface area contributed by atoms with E-state index in [2.05, 4.69) is 15.4 Å². The van der Waals surface area contributed by atoms with E-state index in [0.717, 1.165) is 37.7 Å². The fourth-order valence-electron chi connectivity index (χ4n) is 3.95. The van der Waals surface area contributed by atoms with E-state index in [-0.39, 0.29) is 23.3 Å². The summed E-state index contributed by atoms with van der Waals surface area (Å²) in [6, 6.07) is 10.7. The van der Waals surface area contributed by atoms with Crippen LogP contribution in [0.4, 0.5) is 4.79 Å². The number of urea groups is 1. The van der Waals surface area contributed by atoms with E-state index in [4.69, 9.17) is 16.3 Å². The van der Waals surface area contributed by atoms with Crippen LogP contribution in [0.2, 0.25) is 5.02 Å². The maximum atomic E-state index is 12.5. The number of hydrogen-bond acceptors (Lipinski definition) is 5. The van der Waals surface area contributed by atoms with Gasteiger partial charge in [0.2, 0.25) is 5.91 Å². The molecular formula is C24H30ClN3O5S. The Kier molecular flexibility index (Phi) is 9.18. The third-order valence-electron chi connectivity index (χ3n) is 5.73. The van der Waals surface area contributed by atoms with E-state index in [0.29, 0.717) is 29.3 Å². The van der Waals surface area contributed by atoms with Crippen molar-refractivity contribution in [2.75, 3.05) is 13.7 Å². The molecule has 0 atom stereocenters. The summed E-state index contributed by atoms with van der Waals surface area (Å²) in [6.07, 6.45) is 5.61. The molecule has 184 valence electrons. The number of halogens is 1. The van der Waals surface area contributed by atoms with Gasteiger partial charge in [-0.05, 0) is 55.2 Å². The van der Waals surface area contributed by atoms with Crippen molar-refractivity contribution in [1.82, 2.24) is 15.4 Å². The highest BCUT2D eigenvalue weighted by Crippen LogP contribution is 2.23. The topological polar surface area (TPSA) is 114 Å². The molecule has 0 aliphatic heterocycles. The highest BCUT2D eigenvalue weighted by Gasteiger charge is 2.21. The molecule has 1 saturated carbocycles. The molecule has 34 heavy (non-hydrogen) atoms. The highest BCUT2D eigenvalue weighted by molar-refractivity contribution is 7.90. The predicted molar refractivity (Wildman–Crippen MR) is 131 cm³/mol. The summed E-state index contributed by atoms with van der Waals surface area (Å²) in [6.45, 7) is 0.385. The molecule has 1 fully saturated rings. The fourth-order valence-corrected chi connectivity index (χ4v) is 5.05. The predicted octanol–water partition coefficient (Wildman–Crippen LogP) is 3.57. The SMILES string of the molecule is COc1ccc(Cl)cc1CC(=O)NCCc1ccc(S(=O)(=O)NC(=O)NC2CCCCC2)cc1. The number of rotatable bonds is 9. The Hall–Kier alpha value is -2.78. The van der Waals surface area contributed by atoms with Gasteiger partial charge < -0.3 is 15.4 Å². The van der Waals surface area contributed by atoms with Gasteiger partial charge in [0.25, 0.3) is 10.0 Å². The summed E-state index contributed by atoms with van der Waals surface area (Å²) in [5.41, 5.74) is 1.55. The lowest BCUT2D eigenvalue weighted by atomic mass is 9.96. The number of ether oxygens (including phenoxy) is 1. The average Bonchev–Trinajstić information content (AvgIpc) is 2.80. The maximum absolute atomic E-state index is 12.5. The number of carbonyl (C=O) groups excluding carboxylic acids is 2. The molecule has 3 N–H and O–H groups in total. The third-order valence-corrected chi connectivity index (χ3v) is 7.31. The van der Waals surface area contributed by atoms with Crippen LogP contribution in [-0.2, 0) is 27.7 Å². The standard InChI is InChI=1S/C24H30ClN3O5S/c1-33-22-12-9-19(25)15-18(22)16-23(29)26-14-13-17-7-10-21(11-8-17)34(31,32)28-24(30)27-20-5-3-2-4-6-20/h7-12,15,20H,2-6,13-14,16H2,1H3,(H,26,29)(H2,27,28,30). The molecule has 0 bridgehead atoms. The number of hydrogen-bond donors (Lipinski definition) is 3. The number of carbonyl (C=O) groups is 2. The van der Waals surface area contributed by atoms with Crippen LogP contribution in [0, 0.1) is 0 Å². The van der Waals surface area contributed by atoms with E-state index in [1.807, 2.05) is 0 Å². The molecule has 0 spiro atoms. The number of sulfonamides is 1. The molecule has 1 aliphatic carbocycles. The zero-order valence-corrected chi connectivity index (χ0v) is 20.7. The van der Waals surface area contributed by atoms with Crippen LogP contribution in [0.5, 0.6) is 5.75 Å². The Bertz CT molecular complexity index is 1100. The van der Waals surface area contributed by atoms with Gasteiger partial charge in [0.05, 0.1) is 18.4 Å². The average molecular weight is 508 g/mol. The Morgan fingerprint density at radius 2 is 1.76 bits per heavy atom. The molecule has 2 aromatic rings. The first kappa shape index (κ1) is 25.8. The smallest absolute Gasteiger partial charge is 0.328 e. The minimum Gasteiger partial charge on any atom is -0.496 e. The van der Waals surface area contributed by atoms with Crippen LogP contribution in [-0.4, -0.2) is 40.1 Å². The van der Waals surface area contributed by atoms with Crippen molar-refractivity contribution in [3.63, 3.8) is 0 Å². The Labute approximate surface area is 205 Å². The molecule has 1 aliphatic rings. The quantitative estimate of drug-likeness (QED) is 0.480. The first-order valence-corrected chi connectivity index (χ1v) is 13.1. The number of benzene rings is 2. The van der Waals surface area contributed by atoms with Crippen LogP contribution in [0.25, 0.3) is 0 Å². The minimum atomic E-state index is -3.96. The largest absolute Gasteiger partial charge is 0.496 e. The first-order chi connectivity index (χ1) is 16.3. The lowest BCUT2D eigenvalue weighted by molar-refractivity contribution is -0.120. The van der Waals surface area contributed by atoms with Crippen molar-refractivity contribution in [3.05, 3.63) is 58.6 Å². The Balaban J connectivity index is 1.47. The summed E-state index contributed by atoms with van der Waals surface area (Å²) >= 11 is 6.00. The molecule has 2 aromatic carbocycles. The summed E-state index contributed by atoms with van der Waals surface area (Å²) in [4.78, 5) is 24.4. The number of methoxy groups -OCH3 is 1. The van der Waals surface area contributed by atoms with Crippen molar-refractivity contribution in [2.24, 2.45) is 0 Å².